The van der Waals surface area contributed by atoms with Gasteiger partial charge in [0.2, 0.25) is 0 Å². The molecule has 0 bridgehead atoms. The summed E-state index contributed by atoms with van der Waals surface area (Å²) in [6, 6.07) is 11.9. The van der Waals surface area contributed by atoms with Crippen molar-refractivity contribution in [3.63, 3.8) is 0 Å². The van der Waals surface area contributed by atoms with Crippen molar-refractivity contribution in [2.24, 2.45) is 0 Å². The Balaban J connectivity index is 2.30. The van der Waals surface area contributed by atoms with Crippen molar-refractivity contribution in [3.05, 3.63) is 60.7 Å². The van der Waals surface area contributed by atoms with Crippen LogP contribution in [0.5, 0.6) is 0 Å². The summed E-state index contributed by atoms with van der Waals surface area (Å²) >= 11 is 4.14. The SMILES string of the molecule is O=C(Nc1ccc(I)cc1C(=O)O)c1cccc(I)c1. The van der Waals surface area contributed by atoms with Crippen molar-refractivity contribution in [1.82, 2.24) is 0 Å². The summed E-state index contributed by atoms with van der Waals surface area (Å²) in [5, 5.41) is 11.8. The third-order valence-corrected chi connectivity index (χ3v) is 3.89. The third kappa shape index (κ3) is 3.69. The Labute approximate surface area is 142 Å². The Kier molecular flexibility index (Phi) is 4.97. The molecule has 0 saturated carbocycles. The second kappa shape index (κ2) is 6.53. The number of halogens is 2. The number of carboxylic acids is 1. The van der Waals surface area contributed by atoms with Gasteiger partial charge in [-0.3, -0.25) is 4.79 Å². The minimum atomic E-state index is -1.07. The highest BCUT2D eigenvalue weighted by molar-refractivity contribution is 14.1. The largest absolute Gasteiger partial charge is 0.478 e. The van der Waals surface area contributed by atoms with E-state index < -0.39 is 5.97 Å². The number of rotatable bonds is 3. The molecule has 0 aliphatic heterocycles. The molecule has 0 fully saturated rings. The molecule has 0 aliphatic rings. The van der Waals surface area contributed by atoms with Crippen LogP contribution in [0.25, 0.3) is 0 Å². The summed E-state index contributed by atoms with van der Waals surface area (Å²) < 4.78 is 1.74. The van der Waals surface area contributed by atoms with Gasteiger partial charge in [0, 0.05) is 12.7 Å². The molecule has 0 atom stereocenters. The van der Waals surface area contributed by atoms with E-state index in [0.29, 0.717) is 11.3 Å². The Hall–Kier alpha value is -1.16. The second-order valence-electron chi connectivity index (χ2n) is 3.96. The van der Waals surface area contributed by atoms with Gasteiger partial charge in [0.1, 0.15) is 0 Å². The molecule has 0 radical (unpaired) electrons. The number of carbonyl (C=O) groups excluding carboxylic acids is 1. The van der Waals surface area contributed by atoms with E-state index in [1.807, 2.05) is 28.7 Å². The molecule has 2 rings (SSSR count). The fraction of sp³-hybridized carbons (Fsp3) is 0. The molecule has 0 aromatic heterocycles. The van der Waals surface area contributed by atoms with E-state index in [0.717, 1.165) is 7.14 Å². The highest BCUT2D eigenvalue weighted by Crippen LogP contribution is 2.20. The molecule has 20 heavy (non-hydrogen) atoms. The van der Waals surface area contributed by atoms with Gasteiger partial charge in [-0.1, -0.05) is 6.07 Å². The number of hydrogen-bond acceptors (Lipinski definition) is 2. The number of anilines is 1. The van der Waals surface area contributed by atoms with Crippen molar-refractivity contribution < 1.29 is 14.7 Å². The van der Waals surface area contributed by atoms with Crippen molar-refractivity contribution in [1.29, 1.82) is 0 Å². The Bertz CT molecular complexity index is 686. The van der Waals surface area contributed by atoms with Crippen LogP contribution in [0.1, 0.15) is 20.7 Å². The number of carboxylic acid groups (broad SMARTS) is 1. The van der Waals surface area contributed by atoms with E-state index in [1.165, 1.54) is 6.07 Å². The first-order valence-electron chi connectivity index (χ1n) is 5.57. The van der Waals surface area contributed by atoms with Crippen molar-refractivity contribution in [3.8, 4) is 0 Å². The molecule has 2 aromatic carbocycles. The molecule has 0 saturated heterocycles. The standard InChI is InChI=1S/C14H9I2NO3/c15-9-3-1-2-8(6-9)13(18)17-12-5-4-10(16)7-11(12)14(19)20/h1-7H,(H,17,18)(H,19,20). The maximum absolute atomic E-state index is 12.1. The van der Waals surface area contributed by atoms with Gasteiger partial charge < -0.3 is 10.4 Å². The molecule has 1 amide bonds. The number of benzene rings is 2. The van der Waals surface area contributed by atoms with Gasteiger partial charge in [0.15, 0.2) is 0 Å². The predicted molar refractivity (Wildman–Crippen MR) is 93.2 cm³/mol. The van der Waals surface area contributed by atoms with E-state index in [4.69, 9.17) is 5.11 Å². The van der Waals surface area contributed by atoms with Crippen molar-refractivity contribution >= 4 is 62.7 Å². The molecule has 0 heterocycles. The van der Waals surface area contributed by atoms with Gasteiger partial charge in [-0.15, -0.1) is 0 Å². The van der Waals surface area contributed by atoms with Crippen LogP contribution in [0.4, 0.5) is 5.69 Å². The fourth-order valence-corrected chi connectivity index (χ4v) is 2.66. The molecular weight excluding hydrogens is 484 g/mol. The number of nitrogens with one attached hydrogen (secondary N) is 1. The van der Waals surface area contributed by atoms with E-state index in [2.05, 4.69) is 27.9 Å². The van der Waals surface area contributed by atoms with Crippen LogP contribution in [-0.2, 0) is 0 Å². The molecule has 0 unspecified atom stereocenters. The first kappa shape index (κ1) is 15.2. The minimum Gasteiger partial charge on any atom is -0.478 e. The lowest BCUT2D eigenvalue weighted by molar-refractivity contribution is 0.0698. The summed E-state index contributed by atoms with van der Waals surface area (Å²) in [6.07, 6.45) is 0. The first-order chi connectivity index (χ1) is 9.47. The van der Waals surface area contributed by atoms with Crippen LogP contribution in [0.15, 0.2) is 42.5 Å². The van der Waals surface area contributed by atoms with Crippen molar-refractivity contribution in [2.45, 2.75) is 0 Å². The number of aromatic carboxylic acids is 1. The summed E-state index contributed by atoms with van der Waals surface area (Å²) in [4.78, 5) is 23.3. The topological polar surface area (TPSA) is 66.4 Å². The molecule has 2 aromatic rings. The molecule has 4 nitrogen and oxygen atoms in total. The highest BCUT2D eigenvalue weighted by Gasteiger charge is 2.14. The predicted octanol–water partition coefficient (Wildman–Crippen LogP) is 3.85. The first-order valence-corrected chi connectivity index (χ1v) is 7.73. The summed E-state index contributed by atoms with van der Waals surface area (Å²) in [5.74, 6) is -1.39. The van der Waals surface area contributed by atoms with Crippen LogP contribution >= 0.6 is 45.2 Å². The van der Waals surface area contributed by atoms with Crippen LogP contribution in [0.2, 0.25) is 0 Å². The summed E-state index contributed by atoms with van der Waals surface area (Å²) in [5.41, 5.74) is 0.865. The monoisotopic (exact) mass is 493 g/mol. The van der Waals surface area contributed by atoms with E-state index >= 15 is 0 Å². The van der Waals surface area contributed by atoms with E-state index in [1.54, 1.807) is 30.3 Å². The Morgan fingerprint density at radius 2 is 1.70 bits per heavy atom. The number of amides is 1. The van der Waals surface area contributed by atoms with Gasteiger partial charge in [-0.2, -0.15) is 0 Å². The van der Waals surface area contributed by atoms with Gasteiger partial charge in [0.25, 0.3) is 5.91 Å². The zero-order valence-electron chi connectivity index (χ0n) is 10.1. The Morgan fingerprint density at radius 1 is 1.00 bits per heavy atom. The number of carbonyl (C=O) groups is 2. The van der Waals surface area contributed by atoms with Gasteiger partial charge >= 0.3 is 5.97 Å². The van der Waals surface area contributed by atoms with Gasteiger partial charge in [-0.05, 0) is 81.6 Å². The average Bonchev–Trinajstić information content (AvgIpc) is 2.40. The maximum Gasteiger partial charge on any atom is 0.337 e. The zero-order chi connectivity index (χ0) is 14.7. The second-order valence-corrected chi connectivity index (χ2v) is 6.45. The van der Waals surface area contributed by atoms with Gasteiger partial charge in [0.05, 0.1) is 11.3 Å². The lowest BCUT2D eigenvalue weighted by Crippen LogP contribution is -2.15. The Morgan fingerprint density at radius 3 is 2.35 bits per heavy atom. The highest BCUT2D eigenvalue weighted by atomic mass is 127. The maximum atomic E-state index is 12.1. The molecule has 6 heteroatoms. The molecule has 0 aliphatic carbocycles. The normalized spacial score (nSPS) is 10.1. The molecule has 0 spiro atoms. The van der Waals surface area contributed by atoms with Crippen LogP contribution < -0.4 is 5.32 Å². The lowest BCUT2D eigenvalue weighted by Gasteiger charge is -2.09. The molecular formula is C14H9I2NO3. The van der Waals surface area contributed by atoms with E-state index in [-0.39, 0.29) is 11.5 Å². The third-order valence-electron chi connectivity index (χ3n) is 2.55. The smallest absolute Gasteiger partial charge is 0.337 e. The minimum absolute atomic E-state index is 0.0795. The van der Waals surface area contributed by atoms with E-state index in [9.17, 15) is 9.59 Å². The van der Waals surface area contributed by atoms with Gasteiger partial charge in [-0.25, -0.2) is 4.79 Å². The van der Waals surface area contributed by atoms with Crippen molar-refractivity contribution in [2.75, 3.05) is 5.32 Å². The molecule has 102 valence electrons. The summed E-state index contributed by atoms with van der Waals surface area (Å²) in [7, 11) is 0. The van der Waals surface area contributed by atoms with Crippen LogP contribution in [0.3, 0.4) is 0 Å². The van der Waals surface area contributed by atoms with Crippen LogP contribution in [0, 0.1) is 7.14 Å². The fourth-order valence-electron chi connectivity index (χ4n) is 1.63. The summed E-state index contributed by atoms with van der Waals surface area (Å²) in [6.45, 7) is 0. The molecule has 2 N–H and O–H groups in total. The lowest BCUT2D eigenvalue weighted by atomic mass is 10.1. The average molecular weight is 493 g/mol. The number of hydrogen-bond donors (Lipinski definition) is 2. The zero-order valence-corrected chi connectivity index (χ0v) is 14.4. The van der Waals surface area contributed by atoms with Crippen LogP contribution in [-0.4, -0.2) is 17.0 Å². The quantitative estimate of drug-likeness (QED) is 0.640.